The summed E-state index contributed by atoms with van der Waals surface area (Å²) in [5.41, 5.74) is 5.35. The first-order valence-electron chi connectivity index (χ1n) is 10.8. The Balaban J connectivity index is 0.000000191. The van der Waals surface area contributed by atoms with Crippen molar-refractivity contribution in [2.45, 2.75) is 47.6 Å². The van der Waals surface area contributed by atoms with E-state index in [0.717, 1.165) is 48.9 Å². The first-order chi connectivity index (χ1) is 16.0. The molecule has 6 nitrogen and oxygen atoms in total. The number of ketones is 1. The molecule has 1 unspecified atom stereocenters. The molecule has 0 fully saturated rings. The first kappa shape index (κ1) is 26.1. The molecule has 0 radical (unpaired) electrons. The van der Waals surface area contributed by atoms with Crippen molar-refractivity contribution >= 4 is 37.6 Å². The molecule has 2 heterocycles. The molecule has 0 spiro atoms. The zero-order chi connectivity index (χ0) is 25.2. The van der Waals surface area contributed by atoms with Crippen LogP contribution in [0.1, 0.15) is 58.9 Å². The van der Waals surface area contributed by atoms with Gasteiger partial charge in [0, 0.05) is 32.5 Å². The number of imidazole rings is 2. The third kappa shape index (κ3) is 5.92. The number of nitrogens with zero attached hydrogens (tertiary/aromatic N) is 4. The summed E-state index contributed by atoms with van der Waals surface area (Å²) in [5.74, 6) is 1.85. The maximum atomic E-state index is 11.7. The van der Waals surface area contributed by atoms with Crippen molar-refractivity contribution < 1.29 is 9.90 Å². The number of carbonyl (C=O) groups is 1. The molecule has 1 atom stereocenters. The Bertz CT molecular complexity index is 1340. The van der Waals surface area contributed by atoms with Gasteiger partial charge in [0.1, 0.15) is 11.6 Å². The van der Waals surface area contributed by atoms with Crippen LogP contribution in [0, 0.1) is 27.7 Å². The molecule has 2 aromatic heterocycles. The van der Waals surface area contributed by atoms with Gasteiger partial charge in [-0.1, -0.05) is 31.9 Å². The molecule has 0 aliphatic heterocycles. The predicted octanol–water partition coefficient (Wildman–Crippen LogP) is 6.76. The molecule has 4 rings (SSSR count). The van der Waals surface area contributed by atoms with Gasteiger partial charge >= 0.3 is 0 Å². The minimum Gasteiger partial charge on any atom is -0.389 e. The number of Topliss-reactive ketones (excluding diaryl/α,β-unsaturated/α-hetero) is 1. The summed E-state index contributed by atoms with van der Waals surface area (Å²) in [4.78, 5) is 20.4. The molecule has 0 bridgehead atoms. The van der Waals surface area contributed by atoms with Crippen LogP contribution >= 0.6 is 31.9 Å². The summed E-state index contributed by atoms with van der Waals surface area (Å²) >= 11 is 6.81. The predicted molar refractivity (Wildman–Crippen MR) is 142 cm³/mol. The van der Waals surface area contributed by atoms with Crippen molar-refractivity contribution in [3.63, 3.8) is 0 Å². The number of rotatable bonds is 4. The standard InChI is InChI=1S/C13H15BrN2O.C13H13BrN2O/c2*1-8-7-16(10(3)15-8)13-5-4-11(14)6-12(13)9(2)17/h4-7,9,17H,1-3H3;4-7H,1-3H3. The van der Waals surface area contributed by atoms with E-state index in [4.69, 9.17) is 0 Å². The van der Waals surface area contributed by atoms with E-state index < -0.39 is 6.10 Å². The highest BCUT2D eigenvalue weighted by Crippen LogP contribution is 2.27. The minimum atomic E-state index is -0.510. The molecule has 8 heteroatoms. The van der Waals surface area contributed by atoms with Crippen molar-refractivity contribution in [2.75, 3.05) is 0 Å². The van der Waals surface area contributed by atoms with Crippen LogP contribution in [0.25, 0.3) is 11.4 Å². The molecule has 1 N–H and O–H groups in total. The Morgan fingerprint density at radius 3 is 1.76 bits per heavy atom. The number of aromatic nitrogens is 4. The zero-order valence-corrected chi connectivity index (χ0v) is 23.3. The van der Waals surface area contributed by atoms with Gasteiger partial charge in [-0.2, -0.15) is 0 Å². The Morgan fingerprint density at radius 1 is 0.853 bits per heavy atom. The third-order valence-electron chi connectivity index (χ3n) is 5.30. The lowest BCUT2D eigenvalue weighted by Gasteiger charge is -2.14. The van der Waals surface area contributed by atoms with E-state index in [0.29, 0.717) is 5.56 Å². The minimum absolute atomic E-state index is 0.0482. The Kier molecular flexibility index (Phi) is 8.28. The highest BCUT2D eigenvalue weighted by molar-refractivity contribution is 9.10. The molecule has 0 aliphatic rings. The largest absolute Gasteiger partial charge is 0.389 e. The maximum absolute atomic E-state index is 11.7. The van der Waals surface area contributed by atoms with Crippen LogP contribution in [0.15, 0.2) is 57.7 Å². The topological polar surface area (TPSA) is 72.9 Å². The number of aliphatic hydroxyl groups is 1. The number of aliphatic hydroxyl groups excluding tert-OH is 1. The monoisotopic (exact) mass is 586 g/mol. The second-order valence-corrected chi connectivity index (χ2v) is 10.0. The van der Waals surface area contributed by atoms with E-state index in [1.165, 1.54) is 0 Å². The molecular formula is C26H28Br2N4O2. The van der Waals surface area contributed by atoms with Gasteiger partial charge in [-0.05, 0) is 77.9 Å². The summed E-state index contributed by atoms with van der Waals surface area (Å²) in [6.07, 6.45) is 3.40. The van der Waals surface area contributed by atoms with Crippen LogP contribution < -0.4 is 0 Å². The molecule has 0 amide bonds. The van der Waals surface area contributed by atoms with Crippen molar-refractivity contribution in [2.24, 2.45) is 0 Å². The maximum Gasteiger partial charge on any atom is 0.161 e. The summed E-state index contributed by atoms with van der Waals surface area (Å²) < 4.78 is 5.81. The zero-order valence-electron chi connectivity index (χ0n) is 20.1. The summed E-state index contributed by atoms with van der Waals surface area (Å²) in [6, 6.07) is 11.6. The van der Waals surface area contributed by atoms with Gasteiger partial charge in [0.05, 0.1) is 28.9 Å². The molecule has 2 aromatic carbocycles. The average Bonchev–Trinajstić information content (AvgIpc) is 3.27. The van der Waals surface area contributed by atoms with Crippen LogP contribution in [0.2, 0.25) is 0 Å². The smallest absolute Gasteiger partial charge is 0.161 e. The molecule has 0 saturated heterocycles. The normalized spacial score (nSPS) is 11.7. The van der Waals surface area contributed by atoms with Crippen LogP contribution in [0.4, 0.5) is 0 Å². The summed E-state index contributed by atoms with van der Waals surface area (Å²) in [5, 5.41) is 9.83. The number of hydrogen-bond donors (Lipinski definition) is 1. The third-order valence-corrected chi connectivity index (χ3v) is 6.29. The average molecular weight is 588 g/mol. The Labute approximate surface area is 216 Å². The van der Waals surface area contributed by atoms with Crippen molar-refractivity contribution in [1.29, 1.82) is 0 Å². The molecular weight excluding hydrogens is 560 g/mol. The van der Waals surface area contributed by atoms with E-state index in [1.807, 2.05) is 85.6 Å². The fraction of sp³-hybridized carbons (Fsp3) is 0.269. The molecule has 178 valence electrons. The summed E-state index contributed by atoms with van der Waals surface area (Å²) in [7, 11) is 0. The molecule has 4 aromatic rings. The first-order valence-corrected chi connectivity index (χ1v) is 12.4. The lowest BCUT2D eigenvalue weighted by atomic mass is 10.1. The van der Waals surface area contributed by atoms with E-state index in [1.54, 1.807) is 13.8 Å². The summed E-state index contributed by atoms with van der Waals surface area (Å²) in [6.45, 7) is 11.1. The Morgan fingerprint density at radius 2 is 1.32 bits per heavy atom. The van der Waals surface area contributed by atoms with E-state index in [2.05, 4.69) is 41.8 Å². The highest BCUT2D eigenvalue weighted by Gasteiger charge is 2.13. The van der Waals surface area contributed by atoms with E-state index in [9.17, 15) is 9.90 Å². The van der Waals surface area contributed by atoms with Gasteiger partial charge < -0.3 is 14.2 Å². The van der Waals surface area contributed by atoms with E-state index in [-0.39, 0.29) is 5.78 Å². The lowest BCUT2D eigenvalue weighted by molar-refractivity contribution is 0.101. The molecule has 0 saturated carbocycles. The number of carbonyl (C=O) groups excluding carboxylic acids is 1. The van der Waals surface area contributed by atoms with E-state index >= 15 is 0 Å². The van der Waals surface area contributed by atoms with Gasteiger partial charge in [-0.3, -0.25) is 4.79 Å². The van der Waals surface area contributed by atoms with Gasteiger partial charge in [0.2, 0.25) is 0 Å². The second-order valence-electron chi connectivity index (χ2n) is 8.20. The Hall–Kier alpha value is -2.55. The van der Waals surface area contributed by atoms with Gasteiger partial charge in [-0.15, -0.1) is 0 Å². The van der Waals surface area contributed by atoms with Crippen molar-refractivity contribution in [3.05, 3.63) is 91.9 Å². The van der Waals surface area contributed by atoms with Gasteiger partial charge in [0.25, 0.3) is 0 Å². The number of benzene rings is 2. The van der Waals surface area contributed by atoms with Crippen LogP contribution in [-0.4, -0.2) is 30.0 Å². The molecule has 0 aliphatic carbocycles. The second kappa shape index (κ2) is 10.8. The fourth-order valence-electron chi connectivity index (χ4n) is 3.80. The van der Waals surface area contributed by atoms with Crippen molar-refractivity contribution in [1.82, 2.24) is 19.1 Å². The fourth-order valence-corrected chi connectivity index (χ4v) is 4.54. The van der Waals surface area contributed by atoms with Crippen LogP contribution in [0.3, 0.4) is 0 Å². The van der Waals surface area contributed by atoms with Gasteiger partial charge in [-0.25, -0.2) is 9.97 Å². The quantitative estimate of drug-likeness (QED) is 0.268. The number of halogens is 2. The number of hydrogen-bond acceptors (Lipinski definition) is 4. The molecule has 34 heavy (non-hydrogen) atoms. The van der Waals surface area contributed by atoms with Crippen molar-refractivity contribution in [3.8, 4) is 11.4 Å². The lowest BCUT2D eigenvalue weighted by Crippen LogP contribution is -2.04. The van der Waals surface area contributed by atoms with Crippen LogP contribution in [0.5, 0.6) is 0 Å². The SMILES string of the molecule is CC(=O)c1cc(Br)ccc1-n1cc(C)nc1C.Cc1cn(-c2ccc(Br)cc2C(C)O)c(C)n1. The van der Waals surface area contributed by atoms with Gasteiger partial charge in [0.15, 0.2) is 5.78 Å². The number of aryl methyl sites for hydroxylation is 4. The highest BCUT2D eigenvalue weighted by atomic mass is 79.9. The van der Waals surface area contributed by atoms with Crippen LogP contribution in [-0.2, 0) is 0 Å².